The average molecular weight is 497 g/mol. The van der Waals surface area contributed by atoms with Crippen molar-refractivity contribution in [3.8, 4) is 0 Å². The van der Waals surface area contributed by atoms with E-state index in [1.165, 1.54) is 16.4 Å². The summed E-state index contributed by atoms with van der Waals surface area (Å²) in [5.41, 5.74) is 2.18. The van der Waals surface area contributed by atoms with E-state index >= 15 is 0 Å². The lowest BCUT2D eigenvalue weighted by Crippen LogP contribution is -2.31. The summed E-state index contributed by atoms with van der Waals surface area (Å²) >= 11 is 3.37. The SMILES string of the molecule is CCN(CC)S(=O)(=O)c1cc(C(=O)OCC(=O)Nc2ccc(C)cc2Br)ccc1C. The molecule has 162 valence electrons. The number of amides is 1. The Hall–Kier alpha value is -2.23. The molecule has 0 radical (unpaired) electrons. The Morgan fingerprint density at radius 2 is 1.73 bits per heavy atom. The minimum atomic E-state index is -3.73. The van der Waals surface area contributed by atoms with Gasteiger partial charge in [-0.1, -0.05) is 26.0 Å². The molecule has 0 saturated carbocycles. The van der Waals surface area contributed by atoms with Crippen LogP contribution in [-0.4, -0.2) is 44.3 Å². The number of ether oxygens (including phenoxy) is 1. The van der Waals surface area contributed by atoms with E-state index in [-0.39, 0.29) is 10.5 Å². The predicted molar refractivity (Wildman–Crippen MR) is 119 cm³/mol. The van der Waals surface area contributed by atoms with E-state index in [0.29, 0.717) is 28.8 Å². The minimum Gasteiger partial charge on any atom is -0.452 e. The molecule has 1 N–H and O–H groups in total. The van der Waals surface area contributed by atoms with Gasteiger partial charge in [0.05, 0.1) is 16.1 Å². The van der Waals surface area contributed by atoms with Crippen LogP contribution in [0.25, 0.3) is 0 Å². The third-order valence-corrected chi connectivity index (χ3v) is 7.33. The molecular formula is C21H25BrN2O5S. The van der Waals surface area contributed by atoms with E-state index in [2.05, 4.69) is 21.2 Å². The summed E-state index contributed by atoms with van der Waals surface area (Å²) < 4.78 is 32.7. The normalized spacial score (nSPS) is 11.4. The number of halogens is 1. The van der Waals surface area contributed by atoms with Crippen molar-refractivity contribution < 1.29 is 22.7 Å². The highest BCUT2D eigenvalue weighted by Gasteiger charge is 2.25. The first kappa shape index (κ1) is 24.0. The molecule has 0 fully saturated rings. The van der Waals surface area contributed by atoms with Gasteiger partial charge in [0.15, 0.2) is 6.61 Å². The number of carbonyl (C=O) groups is 2. The van der Waals surface area contributed by atoms with Crippen LogP contribution in [0, 0.1) is 13.8 Å². The molecule has 2 rings (SSSR count). The van der Waals surface area contributed by atoms with Crippen LogP contribution < -0.4 is 5.32 Å². The third kappa shape index (κ3) is 5.68. The summed E-state index contributed by atoms with van der Waals surface area (Å²) in [5, 5.41) is 2.65. The van der Waals surface area contributed by atoms with Gasteiger partial charge < -0.3 is 10.1 Å². The Labute approximate surface area is 185 Å². The standard InChI is InChI=1S/C21H25BrN2O5S/c1-5-24(6-2)30(27,28)19-12-16(9-8-15(19)4)21(26)29-13-20(25)23-18-10-7-14(3)11-17(18)22/h7-12H,5-6,13H2,1-4H3,(H,23,25). The van der Waals surface area contributed by atoms with Crippen molar-refractivity contribution in [2.24, 2.45) is 0 Å². The van der Waals surface area contributed by atoms with Crippen molar-refractivity contribution in [2.75, 3.05) is 25.0 Å². The van der Waals surface area contributed by atoms with E-state index in [0.717, 1.165) is 5.56 Å². The maximum absolute atomic E-state index is 12.8. The summed E-state index contributed by atoms with van der Waals surface area (Å²) in [6.07, 6.45) is 0. The van der Waals surface area contributed by atoms with Crippen molar-refractivity contribution in [3.63, 3.8) is 0 Å². The summed E-state index contributed by atoms with van der Waals surface area (Å²) in [5.74, 6) is -1.28. The number of hydrogen-bond donors (Lipinski definition) is 1. The van der Waals surface area contributed by atoms with Crippen molar-refractivity contribution in [3.05, 3.63) is 57.6 Å². The molecule has 0 atom stereocenters. The smallest absolute Gasteiger partial charge is 0.338 e. The highest BCUT2D eigenvalue weighted by Crippen LogP contribution is 2.24. The number of nitrogens with zero attached hydrogens (tertiary/aromatic N) is 1. The maximum atomic E-state index is 12.8. The minimum absolute atomic E-state index is 0.0497. The van der Waals surface area contributed by atoms with Crippen LogP contribution in [0.1, 0.15) is 35.3 Å². The van der Waals surface area contributed by atoms with Gasteiger partial charge in [0.25, 0.3) is 5.91 Å². The largest absolute Gasteiger partial charge is 0.452 e. The Balaban J connectivity index is 2.11. The zero-order chi connectivity index (χ0) is 22.5. The molecule has 0 unspecified atom stereocenters. The third-order valence-electron chi connectivity index (χ3n) is 4.48. The number of benzene rings is 2. The van der Waals surface area contributed by atoms with E-state index in [4.69, 9.17) is 4.74 Å². The average Bonchev–Trinajstić information content (AvgIpc) is 2.69. The Morgan fingerprint density at radius 3 is 2.33 bits per heavy atom. The molecule has 2 aromatic rings. The summed E-state index contributed by atoms with van der Waals surface area (Å²) in [4.78, 5) is 24.6. The zero-order valence-corrected chi connectivity index (χ0v) is 19.8. The second-order valence-electron chi connectivity index (χ2n) is 6.68. The van der Waals surface area contributed by atoms with Crippen LogP contribution in [0.3, 0.4) is 0 Å². The lowest BCUT2D eigenvalue weighted by atomic mass is 10.1. The lowest BCUT2D eigenvalue weighted by molar-refractivity contribution is -0.119. The number of aryl methyl sites for hydroxylation is 2. The molecule has 0 spiro atoms. The van der Waals surface area contributed by atoms with E-state index in [1.807, 2.05) is 19.1 Å². The summed E-state index contributed by atoms with van der Waals surface area (Å²) in [6, 6.07) is 9.76. The molecule has 0 saturated heterocycles. The Bertz CT molecular complexity index is 1050. The molecule has 0 heterocycles. The number of esters is 1. The van der Waals surface area contributed by atoms with Crippen LogP contribution in [-0.2, 0) is 19.6 Å². The van der Waals surface area contributed by atoms with E-state index in [9.17, 15) is 18.0 Å². The van der Waals surface area contributed by atoms with Gasteiger partial charge in [0, 0.05) is 17.6 Å². The predicted octanol–water partition coefficient (Wildman–Crippen LogP) is 3.89. The van der Waals surface area contributed by atoms with Gasteiger partial charge in [-0.2, -0.15) is 4.31 Å². The number of anilines is 1. The van der Waals surface area contributed by atoms with Crippen molar-refractivity contribution in [1.82, 2.24) is 4.31 Å². The molecular weight excluding hydrogens is 472 g/mol. The van der Waals surface area contributed by atoms with Crippen LogP contribution in [0.4, 0.5) is 5.69 Å². The van der Waals surface area contributed by atoms with Gasteiger partial charge >= 0.3 is 5.97 Å². The summed E-state index contributed by atoms with van der Waals surface area (Å²) in [6.45, 7) is 7.24. The van der Waals surface area contributed by atoms with Crippen molar-refractivity contribution in [1.29, 1.82) is 0 Å². The van der Waals surface area contributed by atoms with Gasteiger partial charge in [-0.05, 0) is 65.2 Å². The second-order valence-corrected chi connectivity index (χ2v) is 9.44. The highest BCUT2D eigenvalue weighted by molar-refractivity contribution is 9.10. The molecule has 0 aliphatic rings. The molecule has 0 aliphatic carbocycles. The molecule has 9 heteroatoms. The number of rotatable bonds is 8. The molecule has 0 aromatic heterocycles. The zero-order valence-electron chi connectivity index (χ0n) is 17.4. The Kier molecular flexibility index (Phi) is 8.17. The fourth-order valence-electron chi connectivity index (χ4n) is 2.83. The molecule has 0 aliphatic heterocycles. The van der Waals surface area contributed by atoms with Crippen LogP contribution in [0.15, 0.2) is 45.8 Å². The van der Waals surface area contributed by atoms with Crippen molar-refractivity contribution >= 4 is 43.5 Å². The number of sulfonamides is 1. The van der Waals surface area contributed by atoms with Crippen LogP contribution in [0.5, 0.6) is 0 Å². The first-order chi connectivity index (χ1) is 14.1. The quantitative estimate of drug-likeness (QED) is 0.559. The first-order valence-electron chi connectivity index (χ1n) is 9.44. The lowest BCUT2D eigenvalue weighted by Gasteiger charge is -2.20. The molecule has 30 heavy (non-hydrogen) atoms. The monoisotopic (exact) mass is 496 g/mol. The summed E-state index contributed by atoms with van der Waals surface area (Å²) in [7, 11) is -3.73. The molecule has 0 bridgehead atoms. The number of hydrogen-bond acceptors (Lipinski definition) is 5. The van der Waals surface area contributed by atoms with Crippen molar-refractivity contribution in [2.45, 2.75) is 32.6 Å². The van der Waals surface area contributed by atoms with E-state index in [1.54, 1.807) is 32.9 Å². The molecule has 7 nitrogen and oxygen atoms in total. The Morgan fingerprint density at radius 1 is 1.07 bits per heavy atom. The topological polar surface area (TPSA) is 92.8 Å². The van der Waals surface area contributed by atoms with Gasteiger partial charge in [-0.3, -0.25) is 4.79 Å². The molecule has 1 amide bonds. The van der Waals surface area contributed by atoms with E-state index < -0.39 is 28.5 Å². The number of carbonyl (C=O) groups excluding carboxylic acids is 2. The first-order valence-corrected chi connectivity index (χ1v) is 11.7. The van der Waals surface area contributed by atoms with Crippen LogP contribution >= 0.6 is 15.9 Å². The van der Waals surface area contributed by atoms with Gasteiger partial charge in [0.1, 0.15) is 0 Å². The van der Waals surface area contributed by atoms with Gasteiger partial charge in [-0.25, -0.2) is 13.2 Å². The van der Waals surface area contributed by atoms with Crippen LogP contribution in [0.2, 0.25) is 0 Å². The van der Waals surface area contributed by atoms with Gasteiger partial charge in [0.2, 0.25) is 10.0 Å². The second kappa shape index (κ2) is 10.2. The fourth-order valence-corrected chi connectivity index (χ4v) is 5.13. The highest BCUT2D eigenvalue weighted by atomic mass is 79.9. The molecule has 2 aromatic carbocycles. The number of nitrogens with one attached hydrogen (secondary N) is 1. The fraction of sp³-hybridized carbons (Fsp3) is 0.333. The van der Waals surface area contributed by atoms with Gasteiger partial charge in [-0.15, -0.1) is 0 Å². The maximum Gasteiger partial charge on any atom is 0.338 e.